The van der Waals surface area contributed by atoms with Crippen LogP contribution in [0.4, 0.5) is 16.0 Å². The number of nitrogens with zero attached hydrogens (tertiary/aromatic N) is 7. The number of piperazine rings is 1. The molecule has 2 atom stereocenters. The van der Waals surface area contributed by atoms with Crippen molar-refractivity contribution in [1.82, 2.24) is 24.6 Å². The van der Waals surface area contributed by atoms with E-state index >= 15 is 0 Å². The fourth-order valence-corrected chi connectivity index (χ4v) is 5.65. The van der Waals surface area contributed by atoms with Gasteiger partial charge in [-0.3, -0.25) is 9.69 Å². The lowest BCUT2D eigenvalue weighted by Crippen LogP contribution is -2.59. The molecule has 39 heavy (non-hydrogen) atoms. The molecule has 2 aromatic heterocycles. The van der Waals surface area contributed by atoms with Crippen LogP contribution in [-0.4, -0.2) is 68.1 Å². The topological polar surface area (TPSA) is 69.9 Å². The predicted octanol–water partition coefficient (Wildman–Crippen LogP) is 5.59. The van der Waals surface area contributed by atoms with Crippen molar-refractivity contribution in [2.45, 2.75) is 52.7 Å². The van der Waals surface area contributed by atoms with Crippen molar-refractivity contribution in [3.05, 3.63) is 71.2 Å². The molecule has 0 aliphatic carbocycles. The molecule has 0 bridgehead atoms. The zero-order valence-electron chi connectivity index (χ0n) is 22.9. The molecule has 0 N–H and O–H groups in total. The standard InChI is InChI=1S/C29H33ClFN7O/c1-7-25(39)35-14-20(6)36(15-19(35)5)27-22-12-23(30)26(21-10-8-9-11-24(21)31)34-28(22)37(16-32-27)29-18(4)13-33-38(29)17(2)3/h7-13,17,19-20H,1,14-16H2,2-6H3/t19-,20+/m1/s1. The first-order valence-corrected chi connectivity index (χ1v) is 13.5. The van der Waals surface area contributed by atoms with Crippen molar-refractivity contribution in [2.75, 3.05) is 24.7 Å². The number of hydrogen-bond donors (Lipinski definition) is 0. The van der Waals surface area contributed by atoms with Crippen molar-refractivity contribution in [1.29, 1.82) is 0 Å². The van der Waals surface area contributed by atoms with E-state index in [1.807, 2.05) is 40.6 Å². The van der Waals surface area contributed by atoms with E-state index in [2.05, 4.69) is 37.3 Å². The minimum absolute atomic E-state index is 0.00352. The second-order valence-corrected chi connectivity index (χ2v) is 10.9. The Balaban J connectivity index is 1.65. The number of amidine groups is 1. The average Bonchev–Trinajstić information content (AvgIpc) is 3.30. The van der Waals surface area contributed by atoms with Gasteiger partial charge in [-0.05, 0) is 58.9 Å². The highest BCUT2D eigenvalue weighted by Gasteiger charge is 2.37. The highest BCUT2D eigenvalue weighted by atomic mass is 35.5. The molecule has 8 nitrogen and oxygen atoms in total. The molecule has 0 unspecified atom stereocenters. The van der Waals surface area contributed by atoms with Crippen LogP contribution in [0.25, 0.3) is 11.3 Å². The lowest BCUT2D eigenvalue weighted by atomic mass is 10.0. The van der Waals surface area contributed by atoms with E-state index in [4.69, 9.17) is 21.6 Å². The molecule has 10 heteroatoms. The van der Waals surface area contributed by atoms with Crippen molar-refractivity contribution in [3.63, 3.8) is 0 Å². The highest BCUT2D eigenvalue weighted by molar-refractivity contribution is 6.33. The van der Waals surface area contributed by atoms with E-state index in [0.29, 0.717) is 41.9 Å². The van der Waals surface area contributed by atoms with Crippen LogP contribution in [0.15, 0.2) is 54.2 Å². The largest absolute Gasteiger partial charge is 0.350 e. The van der Waals surface area contributed by atoms with Gasteiger partial charge in [0.05, 0.1) is 22.5 Å². The van der Waals surface area contributed by atoms with Crippen LogP contribution in [0.3, 0.4) is 0 Å². The smallest absolute Gasteiger partial charge is 0.246 e. The molecule has 3 aromatic rings. The number of benzene rings is 1. The molecule has 2 aliphatic heterocycles. The number of halogens is 2. The Hall–Kier alpha value is -3.72. The molecule has 0 radical (unpaired) electrons. The second kappa shape index (κ2) is 10.4. The number of hydrogen-bond acceptors (Lipinski definition) is 6. The average molecular weight is 550 g/mol. The lowest BCUT2D eigenvalue weighted by molar-refractivity contribution is -0.130. The van der Waals surface area contributed by atoms with Crippen LogP contribution in [0.1, 0.15) is 44.9 Å². The number of aryl methyl sites for hydroxylation is 1. The summed E-state index contributed by atoms with van der Waals surface area (Å²) in [6.07, 6.45) is 3.19. The van der Waals surface area contributed by atoms with E-state index in [0.717, 1.165) is 22.8 Å². The molecule has 1 fully saturated rings. The maximum atomic E-state index is 14.9. The van der Waals surface area contributed by atoms with Crippen LogP contribution in [-0.2, 0) is 4.79 Å². The van der Waals surface area contributed by atoms with Crippen LogP contribution in [0, 0.1) is 12.7 Å². The number of pyridine rings is 1. The first-order valence-electron chi connectivity index (χ1n) is 13.1. The Morgan fingerprint density at radius 2 is 1.92 bits per heavy atom. The summed E-state index contributed by atoms with van der Waals surface area (Å²) in [5.41, 5.74) is 2.44. The third-order valence-corrected chi connectivity index (χ3v) is 7.64. The van der Waals surface area contributed by atoms with Crippen molar-refractivity contribution < 1.29 is 9.18 Å². The normalized spacial score (nSPS) is 19.3. The highest BCUT2D eigenvalue weighted by Crippen LogP contribution is 2.40. The molecule has 5 rings (SSSR count). The summed E-state index contributed by atoms with van der Waals surface area (Å²) in [5, 5.41) is 4.93. The van der Waals surface area contributed by atoms with E-state index in [-0.39, 0.29) is 24.0 Å². The van der Waals surface area contributed by atoms with E-state index in [1.54, 1.807) is 18.2 Å². The number of aromatic nitrogens is 3. The summed E-state index contributed by atoms with van der Waals surface area (Å²) in [6.45, 7) is 15.3. The minimum Gasteiger partial charge on any atom is -0.350 e. The van der Waals surface area contributed by atoms with Gasteiger partial charge in [-0.1, -0.05) is 30.3 Å². The van der Waals surface area contributed by atoms with Gasteiger partial charge in [0.15, 0.2) is 0 Å². The first-order chi connectivity index (χ1) is 18.6. The monoisotopic (exact) mass is 549 g/mol. The fraction of sp³-hybridized carbons (Fsp3) is 0.379. The summed E-state index contributed by atoms with van der Waals surface area (Å²) in [5.74, 6) is 1.80. The molecular formula is C29H33ClFN7O. The number of carbonyl (C=O) groups excluding carboxylic acids is 1. The Bertz CT molecular complexity index is 1470. The van der Waals surface area contributed by atoms with Gasteiger partial charge in [0.1, 0.15) is 30.0 Å². The second-order valence-electron chi connectivity index (χ2n) is 10.5. The summed E-state index contributed by atoms with van der Waals surface area (Å²) < 4.78 is 16.8. The van der Waals surface area contributed by atoms with Gasteiger partial charge in [0, 0.05) is 42.3 Å². The van der Waals surface area contributed by atoms with E-state index in [9.17, 15) is 9.18 Å². The van der Waals surface area contributed by atoms with Crippen LogP contribution < -0.4 is 4.90 Å². The molecule has 204 valence electrons. The molecule has 1 amide bonds. The molecule has 1 saturated heterocycles. The maximum Gasteiger partial charge on any atom is 0.246 e. The summed E-state index contributed by atoms with van der Waals surface area (Å²) in [4.78, 5) is 28.5. The van der Waals surface area contributed by atoms with Gasteiger partial charge in [-0.15, -0.1) is 0 Å². The zero-order valence-corrected chi connectivity index (χ0v) is 23.7. The Kier molecular flexibility index (Phi) is 7.20. The van der Waals surface area contributed by atoms with Crippen molar-refractivity contribution in [3.8, 4) is 11.3 Å². The van der Waals surface area contributed by atoms with Crippen molar-refractivity contribution >= 4 is 35.0 Å². The SMILES string of the molecule is C=CC(=O)N1C[C@H](C)N(C2=NCN(c3c(C)cnn3C(C)C)c3nc(-c4ccccc4F)c(Cl)cc32)C[C@H]1C. The Morgan fingerprint density at radius 3 is 2.62 bits per heavy atom. The number of anilines is 2. The number of carbonyl (C=O) groups is 1. The quantitative estimate of drug-likeness (QED) is 0.397. The molecule has 2 aliphatic rings. The number of amides is 1. The van der Waals surface area contributed by atoms with Crippen LogP contribution in [0.5, 0.6) is 0 Å². The third kappa shape index (κ3) is 4.69. The third-order valence-electron chi connectivity index (χ3n) is 7.35. The van der Waals surface area contributed by atoms with Gasteiger partial charge in [0.25, 0.3) is 0 Å². The van der Waals surface area contributed by atoms with E-state index in [1.165, 1.54) is 12.1 Å². The molecule has 0 saturated carbocycles. The molecular weight excluding hydrogens is 517 g/mol. The number of rotatable bonds is 4. The summed E-state index contributed by atoms with van der Waals surface area (Å²) >= 11 is 6.80. The number of fused-ring (bicyclic) bond motifs is 1. The fourth-order valence-electron chi connectivity index (χ4n) is 5.40. The Morgan fingerprint density at radius 1 is 1.18 bits per heavy atom. The van der Waals surface area contributed by atoms with Crippen molar-refractivity contribution in [2.24, 2.45) is 4.99 Å². The van der Waals surface area contributed by atoms with Crippen LogP contribution in [0.2, 0.25) is 5.02 Å². The van der Waals surface area contributed by atoms with Gasteiger partial charge >= 0.3 is 0 Å². The number of aliphatic imine (C=N–C) groups is 1. The minimum atomic E-state index is -0.392. The summed E-state index contributed by atoms with van der Waals surface area (Å²) in [7, 11) is 0. The van der Waals surface area contributed by atoms with Gasteiger partial charge in [-0.25, -0.2) is 19.0 Å². The molecule has 0 spiro atoms. The maximum absolute atomic E-state index is 14.9. The molecule has 1 aromatic carbocycles. The Labute approximate surface area is 233 Å². The van der Waals surface area contributed by atoms with Gasteiger partial charge in [-0.2, -0.15) is 5.10 Å². The van der Waals surface area contributed by atoms with Crippen LogP contribution >= 0.6 is 11.6 Å². The van der Waals surface area contributed by atoms with Gasteiger partial charge < -0.3 is 9.80 Å². The molecule has 4 heterocycles. The zero-order chi connectivity index (χ0) is 28.0. The lowest BCUT2D eigenvalue weighted by Gasteiger charge is -2.46. The summed E-state index contributed by atoms with van der Waals surface area (Å²) in [6, 6.07) is 8.40. The van der Waals surface area contributed by atoms with Gasteiger partial charge in [0.2, 0.25) is 5.91 Å². The predicted molar refractivity (Wildman–Crippen MR) is 153 cm³/mol. The van der Waals surface area contributed by atoms with E-state index < -0.39 is 5.82 Å². The first kappa shape index (κ1) is 26.9.